The lowest BCUT2D eigenvalue weighted by Crippen LogP contribution is -2.44. The van der Waals surface area contributed by atoms with Gasteiger partial charge in [-0.1, -0.05) is 48.5 Å². The van der Waals surface area contributed by atoms with Crippen LogP contribution in [0.25, 0.3) is 21.7 Å². The number of piperidine rings is 1. The number of fused-ring (bicyclic) bond motifs is 3. The first-order valence-corrected chi connectivity index (χ1v) is 11.1. The topological polar surface area (TPSA) is 54.5 Å². The molecule has 5 nitrogen and oxygen atoms in total. The number of ether oxygens (including phenoxy) is 1. The molecule has 5 heteroatoms. The summed E-state index contributed by atoms with van der Waals surface area (Å²) in [4.78, 5) is 20.2. The van der Waals surface area contributed by atoms with Crippen LogP contribution in [0.15, 0.2) is 72.9 Å². The third-order valence-electron chi connectivity index (χ3n) is 6.37. The Hall–Kier alpha value is -3.44. The van der Waals surface area contributed by atoms with E-state index in [1.165, 1.54) is 5.56 Å². The molecule has 0 aliphatic carbocycles. The smallest absolute Gasteiger partial charge is 0.253 e. The molecule has 0 radical (unpaired) electrons. The van der Waals surface area contributed by atoms with E-state index in [4.69, 9.17) is 4.74 Å². The third kappa shape index (κ3) is 4.04. The van der Waals surface area contributed by atoms with E-state index < -0.39 is 0 Å². The predicted molar refractivity (Wildman–Crippen MR) is 128 cm³/mol. The monoisotopic (exact) mass is 425 g/mol. The number of nitrogens with one attached hydrogen (secondary N) is 1. The molecule has 3 aromatic carbocycles. The zero-order chi connectivity index (χ0) is 21.9. The summed E-state index contributed by atoms with van der Waals surface area (Å²) < 4.78 is 5.49. The maximum atomic E-state index is 13.2. The van der Waals surface area contributed by atoms with Crippen LogP contribution in [0.1, 0.15) is 28.8 Å². The van der Waals surface area contributed by atoms with E-state index >= 15 is 0 Å². The Morgan fingerprint density at radius 3 is 2.62 bits per heavy atom. The molecular formula is C27H27N3O2. The molecule has 2 heterocycles. The number of carbonyl (C=O) groups is 1. The normalized spacial score (nSPS) is 15.2. The SMILES string of the molecule is COc1ccccc1CN1CCC(NC(=O)c2cc3ccccc3c3cccnc23)CC1. The lowest BCUT2D eigenvalue weighted by molar-refractivity contribution is 0.0910. The molecule has 1 aliphatic heterocycles. The maximum Gasteiger partial charge on any atom is 0.253 e. The fourth-order valence-electron chi connectivity index (χ4n) is 4.68. The van der Waals surface area contributed by atoms with Gasteiger partial charge in [-0.05, 0) is 41.8 Å². The van der Waals surface area contributed by atoms with Gasteiger partial charge in [-0.15, -0.1) is 0 Å². The largest absolute Gasteiger partial charge is 0.496 e. The summed E-state index contributed by atoms with van der Waals surface area (Å²) in [6.45, 7) is 2.75. The number of carbonyl (C=O) groups excluding carboxylic acids is 1. The number of likely N-dealkylation sites (tertiary alicyclic amines) is 1. The van der Waals surface area contributed by atoms with Crippen LogP contribution in [-0.2, 0) is 6.54 Å². The number of pyridine rings is 1. The van der Waals surface area contributed by atoms with Crippen molar-refractivity contribution in [1.82, 2.24) is 15.2 Å². The molecule has 1 saturated heterocycles. The first-order chi connectivity index (χ1) is 15.7. The highest BCUT2D eigenvalue weighted by Crippen LogP contribution is 2.28. The zero-order valence-corrected chi connectivity index (χ0v) is 18.3. The number of nitrogens with zero attached hydrogens (tertiary/aromatic N) is 2. The van der Waals surface area contributed by atoms with Crippen LogP contribution >= 0.6 is 0 Å². The number of benzene rings is 3. The van der Waals surface area contributed by atoms with Gasteiger partial charge in [0, 0.05) is 42.8 Å². The molecule has 0 spiro atoms. The average Bonchev–Trinajstić information content (AvgIpc) is 2.85. The summed E-state index contributed by atoms with van der Waals surface area (Å²) in [7, 11) is 1.71. The molecule has 1 aliphatic rings. The van der Waals surface area contributed by atoms with Gasteiger partial charge in [0.25, 0.3) is 5.91 Å². The van der Waals surface area contributed by atoms with Crippen LogP contribution in [0.4, 0.5) is 0 Å². The Bertz CT molecular complexity index is 1260. The lowest BCUT2D eigenvalue weighted by Gasteiger charge is -2.32. The molecule has 5 rings (SSSR count). The first kappa shape index (κ1) is 20.5. The van der Waals surface area contributed by atoms with E-state index in [1.807, 2.05) is 48.5 Å². The minimum atomic E-state index is -0.0392. The molecule has 0 saturated carbocycles. The van der Waals surface area contributed by atoms with Gasteiger partial charge in [0.15, 0.2) is 0 Å². The van der Waals surface area contributed by atoms with Gasteiger partial charge in [0.05, 0.1) is 18.2 Å². The Morgan fingerprint density at radius 2 is 1.78 bits per heavy atom. The van der Waals surface area contributed by atoms with Crippen molar-refractivity contribution < 1.29 is 9.53 Å². The van der Waals surface area contributed by atoms with Crippen molar-refractivity contribution in [3.8, 4) is 5.75 Å². The number of rotatable bonds is 5. The van der Waals surface area contributed by atoms with Crippen LogP contribution < -0.4 is 10.1 Å². The van der Waals surface area contributed by atoms with Crippen molar-refractivity contribution in [1.29, 1.82) is 0 Å². The number of aromatic nitrogens is 1. The highest BCUT2D eigenvalue weighted by Gasteiger charge is 2.23. The van der Waals surface area contributed by atoms with Crippen molar-refractivity contribution >= 4 is 27.6 Å². The lowest BCUT2D eigenvalue weighted by atomic mass is 9.99. The van der Waals surface area contributed by atoms with E-state index in [2.05, 4.69) is 33.4 Å². The molecule has 162 valence electrons. The Kier molecular flexibility index (Phi) is 5.73. The van der Waals surface area contributed by atoms with Crippen LogP contribution in [-0.4, -0.2) is 42.0 Å². The number of hydrogen-bond donors (Lipinski definition) is 1. The van der Waals surface area contributed by atoms with E-state index in [1.54, 1.807) is 13.3 Å². The highest BCUT2D eigenvalue weighted by atomic mass is 16.5. The van der Waals surface area contributed by atoms with Crippen LogP contribution in [0, 0.1) is 0 Å². The predicted octanol–water partition coefficient (Wildman–Crippen LogP) is 4.79. The van der Waals surface area contributed by atoms with E-state index in [9.17, 15) is 4.79 Å². The summed E-state index contributed by atoms with van der Waals surface area (Å²) in [5.74, 6) is 0.890. The van der Waals surface area contributed by atoms with Gasteiger partial charge in [-0.3, -0.25) is 14.7 Å². The standard InChI is InChI=1S/C27H27N3O2/c1-32-25-11-5-3-8-20(25)18-30-15-12-21(13-16-30)29-27(31)24-17-19-7-2-4-9-22(19)23-10-6-14-28-26(23)24/h2-11,14,17,21H,12-13,15-16,18H2,1H3,(H,29,31). The molecular weight excluding hydrogens is 398 g/mol. The fourth-order valence-corrected chi connectivity index (χ4v) is 4.68. The number of amides is 1. The van der Waals surface area contributed by atoms with Gasteiger partial charge in [-0.2, -0.15) is 0 Å². The van der Waals surface area contributed by atoms with Gasteiger partial charge < -0.3 is 10.1 Å². The summed E-state index contributed by atoms with van der Waals surface area (Å²) in [6.07, 6.45) is 3.61. The molecule has 0 bridgehead atoms. The summed E-state index contributed by atoms with van der Waals surface area (Å²) >= 11 is 0. The van der Waals surface area contributed by atoms with E-state index in [0.29, 0.717) is 5.56 Å². The molecule has 1 amide bonds. The molecule has 0 atom stereocenters. The van der Waals surface area contributed by atoms with Gasteiger partial charge in [0.1, 0.15) is 5.75 Å². The van der Waals surface area contributed by atoms with Crippen LogP contribution in [0.3, 0.4) is 0 Å². The minimum Gasteiger partial charge on any atom is -0.496 e. The van der Waals surface area contributed by atoms with Crippen molar-refractivity contribution in [2.24, 2.45) is 0 Å². The summed E-state index contributed by atoms with van der Waals surface area (Å²) in [6, 6.07) is 22.4. The second-order valence-electron chi connectivity index (χ2n) is 8.38. The maximum absolute atomic E-state index is 13.2. The second kappa shape index (κ2) is 8.97. The first-order valence-electron chi connectivity index (χ1n) is 11.1. The van der Waals surface area contributed by atoms with Crippen molar-refractivity contribution in [3.05, 3.63) is 84.1 Å². The van der Waals surface area contributed by atoms with Gasteiger partial charge in [-0.25, -0.2) is 0 Å². The molecule has 0 unspecified atom stereocenters. The Balaban J connectivity index is 1.29. The van der Waals surface area contributed by atoms with Crippen molar-refractivity contribution in [2.45, 2.75) is 25.4 Å². The Morgan fingerprint density at radius 1 is 1.03 bits per heavy atom. The van der Waals surface area contributed by atoms with Crippen molar-refractivity contribution in [3.63, 3.8) is 0 Å². The quantitative estimate of drug-likeness (QED) is 0.467. The van der Waals surface area contributed by atoms with Gasteiger partial charge in [0.2, 0.25) is 0 Å². The summed E-state index contributed by atoms with van der Waals surface area (Å²) in [5, 5.41) is 6.47. The van der Waals surface area contributed by atoms with Crippen molar-refractivity contribution in [2.75, 3.05) is 20.2 Å². The molecule has 1 N–H and O–H groups in total. The third-order valence-corrected chi connectivity index (χ3v) is 6.37. The molecule has 1 fully saturated rings. The molecule has 32 heavy (non-hydrogen) atoms. The second-order valence-corrected chi connectivity index (χ2v) is 8.38. The molecule has 1 aromatic heterocycles. The van der Waals surface area contributed by atoms with Gasteiger partial charge >= 0.3 is 0 Å². The van der Waals surface area contributed by atoms with Crippen LogP contribution in [0.2, 0.25) is 0 Å². The number of methoxy groups -OCH3 is 1. The fraction of sp³-hybridized carbons (Fsp3) is 0.259. The van der Waals surface area contributed by atoms with Crippen LogP contribution in [0.5, 0.6) is 5.75 Å². The Labute approximate surface area is 188 Å². The van der Waals surface area contributed by atoms with E-state index in [0.717, 1.165) is 59.9 Å². The zero-order valence-electron chi connectivity index (χ0n) is 18.3. The number of para-hydroxylation sites is 1. The number of hydrogen-bond acceptors (Lipinski definition) is 4. The minimum absolute atomic E-state index is 0.0392. The van der Waals surface area contributed by atoms with E-state index in [-0.39, 0.29) is 11.9 Å². The average molecular weight is 426 g/mol. The molecule has 4 aromatic rings. The summed E-state index contributed by atoms with van der Waals surface area (Å²) in [5.41, 5.74) is 2.61. The highest BCUT2D eigenvalue weighted by molar-refractivity contribution is 6.15.